The Morgan fingerprint density at radius 1 is 1.28 bits per heavy atom. The van der Waals surface area contributed by atoms with Gasteiger partial charge in [0.2, 0.25) is 5.91 Å². The average Bonchev–Trinajstić information content (AvgIpc) is 2.95. The minimum absolute atomic E-state index is 0.170. The van der Waals surface area contributed by atoms with Crippen LogP contribution in [0.4, 0.5) is 0 Å². The van der Waals surface area contributed by atoms with Gasteiger partial charge in [-0.15, -0.1) is 0 Å². The molecule has 1 amide bonds. The largest absolute Gasteiger partial charge is 0.494 e. The van der Waals surface area contributed by atoms with Gasteiger partial charge in [-0.05, 0) is 51.3 Å². The molecule has 1 aliphatic heterocycles. The number of nitrogens with zero attached hydrogens (tertiary/aromatic N) is 4. The first kappa shape index (κ1) is 17.5. The van der Waals surface area contributed by atoms with Crippen LogP contribution in [0.5, 0.6) is 5.75 Å². The van der Waals surface area contributed by atoms with Crippen LogP contribution < -0.4 is 4.74 Å². The fraction of sp³-hybridized carbons (Fsp3) is 0.526. The second-order valence-corrected chi connectivity index (χ2v) is 6.54. The number of carbonyl (C=O) groups is 1. The summed E-state index contributed by atoms with van der Waals surface area (Å²) in [5.41, 5.74) is 1.02. The summed E-state index contributed by atoms with van der Waals surface area (Å²) in [7, 11) is 0. The number of rotatable bonds is 5. The molecule has 0 bridgehead atoms. The number of ether oxygens (including phenoxy) is 1. The Bertz CT molecular complexity index is 724. The van der Waals surface area contributed by atoms with Gasteiger partial charge in [-0.3, -0.25) is 4.79 Å². The van der Waals surface area contributed by atoms with E-state index in [1.165, 1.54) is 0 Å². The summed E-state index contributed by atoms with van der Waals surface area (Å²) in [5.74, 6) is 2.72. The molecule has 1 saturated heterocycles. The van der Waals surface area contributed by atoms with E-state index in [-0.39, 0.29) is 11.9 Å². The zero-order valence-electron chi connectivity index (χ0n) is 15.2. The summed E-state index contributed by atoms with van der Waals surface area (Å²) < 4.78 is 7.43. The normalized spacial score (nSPS) is 17.6. The Labute approximate surface area is 148 Å². The van der Waals surface area contributed by atoms with Gasteiger partial charge in [0.15, 0.2) is 0 Å². The van der Waals surface area contributed by atoms with Gasteiger partial charge < -0.3 is 9.64 Å². The van der Waals surface area contributed by atoms with Crippen LogP contribution in [0.15, 0.2) is 24.3 Å². The Kier molecular flexibility index (Phi) is 5.36. The number of carbonyl (C=O) groups excluding carboxylic acids is 1. The summed E-state index contributed by atoms with van der Waals surface area (Å²) in [6.07, 6.45) is 2.46. The molecule has 3 rings (SSSR count). The van der Waals surface area contributed by atoms with E-state index in [9.17, 15) is 4.79 Å². The van der Waals surface area contributed by atoms with Gasteiger partial charge in [-0.25, -0.2) is 9.67 Å². The molecule has 0 aliphatic carbocycles. The van der Waals surface area contributed by atoms with Crippen LogP contribution in [0.3, 0.4) is 0 Å². The number of aromatic nitrogens is 3. The smallest absolute Gasteiger partial charge is 0.227 e. The molecular formula is C19H26N4O2. The van der Waals surface area contributed by atoms with Crippen molar-refractivity contribution in [2.24, 2.45) is 0 Å². The van der Waals surface area contributed by atoms with Crippen LogP contribution in [0.1, 0.15) is 43.0 Å². The first-order valence-corrected chi connectivity index (χ1v) is 8.96. The van der Waals surface area contributed by atoms with Crippen molar-refractivity contribution in [1.29, 1.82) is 0 Å². The Morgan fingerprint density at radius 3 is 2.68 bits per heavy atom. The number of hydrogen-bond acceptors (Lipinski definition) is 4. The van der Waals surface area contributed by atoms with Crippen LogP contribution in [0.2, 0.25) is 0 Å². The van der Waals surface area contributed by atoms with Gasteiger partial charge in [-0.1, -0.05) is 12.1 Å². The van der Waals surface area contributed by atoms with Gasteiger partial charge in [-0.2, -0.15) is 5.10 Å². The number of aryl methyl sites for hydroxylation is 2. The minimum atomic E-state index is 0.170. The lowest BCUT2D eigenvalue weighted by molar-refractivity contribution is -0.132. The Balaban J connectivity index is 1.62. The first-order valence-electron chi connectivity index (χ1n) is 8.96. The van der Waals surface area contributed by atoms with E-state index in [1.54, 1.807) is 0 Å². The Morgan fingerprint density at radius 2 is 2.04 bits per heavy atom. The van der Waals surface area contributed by atoms with Crippen molar-refractivity contribution in [1.82, 2.24) is 19.7 Å². The van der Waals surface area contributed by atoms with E-state index in [1.807, 2.05) is 54.6 Å². The van der Waals surface area contributed by atoms with E-state index in [0.29, 0.717) is 19.6 Å². The predicted molar refractivity (Wildman–Crippen MR) is 95.7 cm³/mol. The topological polar surface area (TPSA) is 60.2 Å². The Hall–Kier alpha value is -2.37. The molecule has 1 aromatic heterocycles. The molecule has 0 unspecified atom stereocenters. The molecule has 1 aliphatic rings. The number of piperidine rings is 1. The number of hydrogen-bond donors (Lipinski definition) is 0. The molecule has 6 nitrogen and oxygen atoms in total. The fourth-order valence-corrected chi connectivity index (χ4v) is 3.42. The van der Waals surface area contributed by atoms with Crippen LogP contribution in [-0.2, 0) is 11.2 Å². The summed E-state index contributed by atoms with van der Waals surface area (Å²) in [4.78, 5) is 19.0. The average molecular weight is 342 g/mol. The quantitative estimate of drug-likeness (QED) is 0.838. The SMILES string of the molecule is CCOc1ccc(CC(=O)N2CCC[C@H](n3nc(C)nc3C)C2)cc1. The monoisotopic (exact) mass is 342 g/mol. The second kappa shape index (κ2) is 7.68. The third-order valence-corrected chi connectivity index (χ3v) is 4.59. The molecule has 25 heavy (non-hydrogen) atoms. The molecule has 0 saturated carbocycles. The van der Waals surface area contributed by atoms with E-state index in [4.69, 9.17) is 4.74 Å². The van der Waals surface area contributed by atoms with E-state index >= 15 is 0 Å². The summed E-state index contributed by atoms with van der Waals surface area (Å²) in [5, 5.41) is 4.49. The molecule has 1 atom stereocenters. The van der Waals surface area contributed by atoms with E-state index in [2.05, 4.69) is 10.1 Å². The third kappa shape index (κ3) is 4.18. The van der Waals surface area contributed by atoms with Gasteiger partial charge >= 0.3 is 0 Å². The van der Waals surface area contributed by atoms with Gasteiger partial charge in [0.25, 0.3) is 0 Å². The lowest BCUT2D eigenvalue weighted by atomic mass is 10.0. The third-order valence-electron chi connectivity index (χ3n) is 4.59. The molecule has 6 heteroatoms. The van der Waals surface area contributed by atoms with Crippen LogP contribution in [-0.4, -0.2) is 45.3 Å². The number of amides is 1. The molecule has 134 valence electrons. The highest BCUT2D eigenvalue weighted by molar-refractivity contribution is 5.79. The molecule has 0 radical (unpaired) electrons. The lowest BCUT2D eigenvalue weighted by Crippen LogP contribution is -2.41. The molecule has 1 aromatic carbocycles. The molecular weight excluding hydrogens is 316 g/mol. The molecule has 0 spiro atoms. The highest BCUT2D eigenvalue weighted by Crippen LogP contribution is 2.23. The van der Waals surface area contributed by atoms with Crippen LogP contribution in [0.25, 0.3) is 0 Å². The lowest BCUT2D eigenvalue weighted by Gasteiger charge is -2.33. The van der Waals surface area contributed by atoms with Crippen molar-refractivity contribution in [3.63, 3.8) is 0 Å². The maximum Gasteiger partial charge on any atom is 0.227 e. The van der Waals surface area contributed by atoms with Crippen molar-refractivity contribution in [2.75, 3.05) is 19.7 Å². The standard InChI is InChI=1S/C19H26N4O2/c1-4-25-18-9-7-16(8-10-18)12-19(24)22-11-5-6-17(13-22)23-15(3)20-14(2)21-23/h7-10,17H,4-6,11-13H2,1-3H3/t17-/m0/s1. The maximum absolute atomic E-state index is 12.7. The van der Waals surface area contributed by atoms with Crippen molar-refractivity contribution in [3.8, 4) is 5.75 Å². The highest BCUT2D eigenvalue weighted by Gasteiger charge is 2.26. The minimum Gasteiger partial charge on any atom is -0.494 e. The van der Waals surface area contributed by atoms with Gasteiger partial charge in [0.05, 0.1) is 19.1 Å². The summed E-state index contributed by atoms with van der Waals surface area (Å²) in [6, 6.07) is 8.00. The zero-order valence-corrected chi connectivity index (χ0v) is 15.2. The first-order chi connectivity index (χ1) is 12.1. The van der Waals surface area contributed by atoms with Crippen molar-refractivity contribution in [2.45, 2.75) is 46.1 Å². The van der Waals surface area contributed by atoms with E-state index < -0.39 is 0 Å². The molecule has 2 aromatic rings. The molecule has 1 fully saturated rings. The zero-order chi connectivity index (χ0) is 17.8. The maximum atomic E-state index is 12.7. The van der Waals surface area contributed by atoms with Crippen molar-refractivity contribution in [3.05, 3.63) is 41.5 Å². The second-order valence-electron chi connectivity index (χ2n) is 6.54. The van der Waals surface area contributed by atoms with Gasteiger partial charge in [0.1, 0.15) is 17.4 Å². The summed E-state index contributed by atoms with van der Waals surface area (Å²) in [6.45, 7) is 8.01. The van der Waals surface area contributed by atoms with Crippen LogP contribution >= 0.6 is 0 Å². The molecule has 2 heterocycles. The highest BCUT2D eigenvalue weighted by atomic mass is 16.5. The predicted octanol–water partition coefficient (Wildman–Crippen LogP) is 2.70. The van der Waals surface area contributed by atoms with Crippen molar-refractivity contribution < 1.29 is 9.53 Å². The van der Waals surface area contributed by atoms with E-state index in [0.717, 1.165) is 42.3 Å². The summed E-state index contributed by atoms with van der Waals surface area (Å²) >= 11 is 0. The number of benzene rings is 1. The number of likely N-dealkylation sites (tertiary alicyclic amines) is 1. The van der Waals surface area contributed by atoms with Gasteiger partial charge in [0, 0.05) is 13.1 Å². The fourth-order valence-electron chi connectivity index (χ4n) is 3.42. The van der Waals surface area contributed by atoms with Crippen molar-refractivity contribution >= 4 is 5.91 Å². The van der Waals surface area contributed by atoms with Crippen LogP contribution in [0, 0.1) is 13.8 Å². The molecule has 0 N–H and O–H groups in total.